The van der Waals surface area contributed by atoms with Gasteiger partial charge in [-0.15, -0.1) is 0 Å². The topological polar surface area (TPSA) is 43.1 Å². The van der Waals surface area contributed by atoms with Crippen LogP contribution in [-0.2, 0) is 0 Å². The maximum atomic E-state index is 5.38. The first-order valence-electron chi connectivity index (χ1n) is 19.3. The van der Waals surface area contributed by atoms with Crippen molar-refractivity contribution < 1.29 is 0 Å². The van der Waals surface area contributed by atoms with Crippen molar-refractivity contribution in [2.45, 2.75) is 0 Å². The van der Waals surface area contributed by atoms with Crippen LogP contribution >= 0.6 is 0 Å². The van der Waals surface area contributed by atoms with Gasteiger partial charge in [-0.3, -0.25) is 0 Å². The van der Waals surface area contributed by atoms with E-state index in [0.29, 0.717) is 0 Å². The number of nitrogens with zero attached hydrogens (tertiary/aromatic N) is 4. The van der Waals surface area contributed by atoms with Gasteiger partial charge in [0.1, 0.15) is 5.69 Å². The SMILES string of the molecule is c1ccc(-c2ccc3ccc4ccc(-c5cccc(-c6ccc7c(c6)cc(-c6ccccc6)n6nc(-c8ccccc8)c(-c8ccccc8)c76)c5)nc4c3n2)cc1. The van der Waals surface area contributed by atoms with Gasteiger partial charge in [-0.1, -0.05) is 176 Å². The second-order valence-corrected chi connectivity index (χ2v) is 14.5. The lowest BCUT2D eigenvalue weighted by molar-refractivity contribution is 0.979. The Morgan fingerprint density at radius 3 is 1.49 bits per heavy atom. The second kappa shape index (κ2) is 13.6. The molecular formula is C53H34N4. The van der Waals surface area contributed by atoms with Crippen LogP contribution in [-0.4, -0.2) is 19.6 Å². The molecule has 4 heteroatoms. The van der Waals surface area contributed by atoms with Crippen molar-refractivity contribution in [3.05, 3.63) is 206 Å². The zero-order valence-corrected chi connectivity index (χ0v) is 30.9. The van der Waals surface area contributed by atoms with Crippen LogP contribution in [0.25, 0.3) is 105 Å². The molecule has 0 unspecified atom stereocenters. The molecule has 0 bridgehead atoms. The molecular weight excluding hydrogens is 693 g/mol. The number of rotatable bonds is 6. The molecule has 0 amide bonds. The van der Waals surface area contributed by atoms with Crippen LogP contribution in [0, 0.1) is 0 Å². The first kappa shape index (κ1) is 32.7. The van der Waals surface area contributed by atoms with Gasteiger partial charge < -0.3 is 0 Å². The van der Waals surface area contributed by atoms with Crippen molar-refractivity contribution in [1.29, 1.82) is 0 Å². The molecule has 4 aromatic heterocycles. The van der Waals surface area contributed by atoms with Crippen molar-refractivity contribution >= 4 is 38.1 Å². The Kier molecular flexibility index (Phi) is 7.78. The van der Waals surface area contributed by atoms with Gasteiger partial charge in [-0.2, -0.15) is 5.10 Å². The predicted molar refractivity (Wildman–Crippen MR) is 236 cm³/mol. The monoisotopic (exact) mass is 726 g/mol. The van der Waals surface area contributed by atoms with E-state index < -0.39 is 0 Å². The number of pyridine rings is 3. The Hall–Kier alpha value is -7.69. The molecule has 0 aliphatic heterocycles. The third kappa shape index (κ3) is 5.74. The number of fused-ring (bicyclic) bond motifs is 6. The zero-order chi connectivity index (χ0) is 37.7. The molecule has 0 aliphatic carbocycles. The molecule has 0 atom stereocenters. The van der Waals surface area contributed by atoms with E-state index in [0.717, 1.165) is 105 Å². The van der Waals surface area contributed by atoms with Gasteiger partial charge in [-0.05, 0) is 52.4 Å². The highest BCUT2D eigenvalue weighted by Gasteiger charge is 2.22. The molecule has 7 aromatic carbocycles. The lowest BCUT2D eigenvalue weighted by Crippen LogP contribution is -1.96. The molecule has 0 saturated carbocycles. The molecule has 11 aromatic rings. The standard InChI is InChI=1S/C53H34N4/c1-5-14-35(15-6-1)46-30-27-39-24-25-40-28-31-47(55-52(40)51(39)54-46)43-23-13-22-41(32-43)42-26-29-45-44(33-42)34-48(36-16-7-2-8-17-36)57-53(45)49(37-18-9-3-10-19-37)50(56-57)38-20-11-4-12-21-38/h1-34H. The van der Waals surface area contributed by atoms with Gasteiger partial charge in [0, 0.05) is 44.0 Å². The molecule has 0 N–H and O–H groups in total. The van der Waals surface area contributed by atoms with Gasteiger partial charge >= 0.3 is 0 Å². The van der Waals surface area contributed by atoms with Crippen LogP contribution < -0.4 is 0 Å². The summed E-state index contributed by atoms with van der Waals surface area (Å²) in [5.74, 6) is 0. The molecule has 0 fully saturated rings. The Morgan fingerprint density at radius 1 is 0.333 bits per heavy atom. The molecule has 0 spiro atoms. The third-order valence-electron chi connectivity index (χ3n) is 11.0. The molecule has 4 heterocycles. The van der Waals surface area contributed by atoms with Gasteiger partial charge in [-0.25, -0.2) is 14.5 Å². The van der Waals surface area contributed by atoms with Crippen LogP contribution in [0.3, 0.4) is 0 Å². The molecule has 0 radical (unpaired) electrons. The number of hydrogen-bond acceptors (Lipinski definition) is 3. The fourth-order valence-corrected chi connectivity index (χ4v) is 8.17. The summed E-state index contributed by atoms with van der Waals surface area (Å²) in [4.78, 5) is 10.4. The lowest BCUT2D eigenvalue weighted by atomic mass is 9.94. The van der Waals surface area contributed by atoms with E-state index >= 15 is 0 Å². The lowest BCUT2D eigenvalue weighted by Gasteiger charge is -2.13. The quantitative estimate of drug-likeness (QED) is 0.160. The van der Waals surface area contributed by atoms with E-state index in [-0.39, 0.29) is 0 Å². The van der Waals surface area contributed by atoms with Gasteiger partial charge in [0.2, 0.25) is 0 Å². The average Bonchev–Trinajstić information content (AvgIpc) is 3.70. The van der Waals surface area contributed by atoms with Crippen LogP contribution in [0.1, 0.15) is 0 Å². The highest BCUT2D eigenvalue weighted by molar-refractivity contribution is 6.09. The summed E-state index contributed by atoms with van der Waals surface area (Å²) >= 11 is 0. The number of hydrogen-bond donors (Lipinski definition) is 0. The van der Waals surface area contributed by atoms with E-state index in [9.17, 15) is 0 Å². The van der Waals surface area contributed by atoms with Crippen molar-refractivity contribution in [1.82, 2.24) is 19.6 Å². The van der Waals surface area contributed by atoms with Crippen LogP contribution in [0.5, 0.6) is 0 Å². The van der Waals surface area contributed by atoms with Gasteiger partial charge in [0.05, 0.1) is 33.6 Å². The third-order valence-corrected chi connectivity index (χ3v) is 11.0. The summed E-state index contributed by atoms with van der Waals surface area (Å²) in [6.07, 6.45) is 0. The molecule has 0 aliphatic rings. The second-order valence-electron chi connectivity index (χ2n) is 14.5. The van der Waals surface area contributed by atoms with Crippen LogP contribution in [0.15, 0.2) is 206 Å². The molecule has 57 heavy (non-hydrogen) atoms. The van der Waals surface area contributed by atoms with Gasteiger partial charge in [0.25, 0.3) is 0 Å². The minimum atomic E-state index is 0.904. The summed E-state index contributed by atoms with van der Waals surface area (Å²) < 4.78 is 2.15. The van der Waals surface area contributed by atoms with E-state index in [1.807, 2.05) is 18.2 Å². The normalized spacial score (nSPS) is 11.5. The maximum absolute atomic E-state index is 5.38. The largest absolute Gasteiger partial charge is 0.245 e. The van der Waals surface area contributed by atoms with E-state index in [4.69, 9.17) is 15.1 Å². The Bertz CT molecular complexity index is 3260. The minimum Gasteiger partial charge on any atom is -0.245 e. The summed E-state index contributed by atoms with van der Waals surface area (Å²) in [5.41, 5.74) is 15.6. The molecule has 266 valence electrons. The van der Waals surface area contributed by atoms with Crippen molar-refractivity contribution in [3.63, 3.8) is 0 Å². The smallest absolute Gasteiger partial charge is 0.101 e. The first-order chi connectivity index (χ1) is 28.2. The van der Waals surface area contributed by atoms with Gasteiger partial charge in [0.15, 0.2) is 0 Å². The van der Waals surface area contributed by atoms with E-state index in [1.165, 1.54) is 0 Å². The minimum absolute atomic E-state index is 0.904. The fourth-order valence-electron chi connectivity index (χ4n) is 8.17. The van der Waals surface area contributed by atoms with Crippen LogP contribution in [0.4, 0.5) is 0 Å². The predicted octanol–water partition coefficient (Wildman–Crippen LogP) is 13.6. The first-order valence-corrected chi connectivity index (χ1v) is 19.3. The summed E-state index contributed by atoms with van der Waals surface area (Å²) in [6.45, 7) is 0. The van der Waals surface area contributed by atoms with Crippen molar-refractivity contribution in [2.75, 3.05) is 0 Å². The average molecular weight is 727 g/mol. The Morgan fingerprint density at radius 2 is 0.842 bits per heavy atom. The Labute approximate surface area is 330 Å². The van der Waals surface area contributed by atoms with Crippen molar-refractivity contribution in [2.24, 2.45) is 0 Å². The highest BCUT2D eigenvalue weighted by atomic mass is 15.2. The molecule has 4 nitrogen and oxygen atoms in total. The fraction of sp³-hybridized carbons (Fsp3) is 0. The summed E-state index contributed by atoms with van der Waals surface area (Å²) in [7, 11) is 0. The zero-order valence-electron chi connectivity index (χ0n) is 30.9. The summed E-state index contributed by atoms with van der Waals surface area (Å²) in [5, 5.41) is 9.82. The van der Waals surface area contributed by atoms with E-state index in [1.54, 1.807) is 0 Å². The maximum Gasteiger partial charge on any atom is 0.101 e. The molecule has 11 rings (SSSR count). The number of aromatic nitrogens is 4. The molecule has 0 saturated heterocycles. The summed E-state index contributed by atoms with van der Waals surface area (Å²) in [6, 6.07) is 72.7. The van der Waals surface area contributed by atoms with Crippen molar-refractivity contribution in [3.8, 4) is 67.3 Å². The van der Waals surface area contributed by atoms with E-state index in [2.05, 4.69) is 193 Å². The highest BCUT2D eigenvalue weighted by Crippen LogP contribution is 2.42. The van der Waals surface area contributed by atoms with Crippen LogP contribution in [0.2, 0.25) is 0 Å². The number of benzene rings is 7. The Balaban J connectivity index is 1.08.